The van der Waals surface area contributed by atoms with E-state index in [4.69, 9.17) is 16.3 Å². The van der Waals surface area contributed by atoms with Crippen molar-refractivity contribution in [3.05, 3.63) is 40.5 Å². The van der Waals surface area contributed by atoms with Gasteiger partial charge in [-0.15, -0.1) is 0 Å². The van der Waals surface area contributed by atoms with Crippen molar-refractivity contribution in [1.82, 2.24) is 14.9 Å². The smallest absolute Gasteiger partial charge is 0.337 e. The highest BCUT2D eigenvalue weighted by molar-refractivity contribution is 6.33. The van der Waals surface area contributed by atoms with Crippen LogP contribution in [0.4, 0.5) is 17.5 Å². The second kappa shape index (κ2) is 8.64. The number of nitrogens with zero attached hydrogens (tertiary/aromatic N) is 3. The van der Waals surface area contributed by atoms with Crippen LogP contribution in [0.25, 0.3) is 0 Å². The third-order valence-corrected chi connectivity index (χ3v) is 3.68. The van der Waals surface area contributed by atoms with E-state index in [-0.39, 0.29) is 0 Å². The molecule has 0 aliphatic carbocycles. The van der Waals surface area contributed by atoms with Crippen molar-refractivity contribution in [1.29, 1.82) is 0 Å². The number of hydrogen-bond acceptors (Lipinski definition) is 7. The Kier molecular flexibility index (Phi) is 6.55. The zero-order valence-electron chi connectivity index (χ0n) is 14.8. The van der Waals surface area contributed by atoms with Gasteiger partial charge < -0.3 is 20.3 Å². The van der Waals surface area contributed by atoms with E-state index in [0.717, 1.165) is 24.6 Å². The predicted molar refractivity (Wildman–Crippen MR) is 99.9 cm³/mol. The molecule has 7 nitrogen and oxygen atoms in total. The highest BCUT2D eigenvalue weighted by Crippen LogP contribution is 2.26. The minimum absolute atomic E-state index is 0.395. The van der Waals surface area contributed by atoms with Crippen LogP contribution in [-0.2, 0) is 4.74 Å². The fraction of sp³-hybridized carbons (Fsp3) is 0.353. The van der Waals surface area contributed by atoms with Crippen LogP contribution in [0.2, 0.25) is 5.02 Å². The summed E-state index contributed by atoms with van der Waals surface area (Å²) in [4.78, 5) is 22.5. The van der Waals surface area contributed by atoms with Crippen molar-refractivity contribution in [2.45, 2.75) is 6.92 Å². The summed E-state index contributed by atoms with van der Waals surface area (Å²) in [7, 11) is 5.35. The minimum Gasteiger partial charge on any atom is -0.465 e. The summed E-state index contributed by atoms with van der Waals surface area (Å²) >= 11 is 6.20. The molecule has 2 aromatic rings. The van der Waals surface area contributed by atoms with Crippen LogP contribution >= 0.6 is 11.6 Å². The van der Waals surface area contributed by atoms with E-state index in [9.17, 15) is 4.79 Å². The van der Waals surface area contributed by atoms with Gasteiger partial charge in [-0.3, -0.25) is 0 Å². The number of hydrogen-bond donors (Lipinski definition) is 2. The number of nitrogens with one attached hydrogen (secondary N) is 2. The van der Waals surface area contributed by atoms with Gasteiger partial charge in [-0.1, -0.05) is 11.6 Å². The van der Waals surface area contributed by atoms with E-state index in [2.05, 4.69) is 25.5 Å². The first-order valence-electron chi connectivity index (χ1n) is 7.78. The lowest BCUT2D eigenvalue weighted by Crippen LogP contribution is -2.21. The van der Waals surface area contributed by atoms with Gasteiger partial charge in [0.2, 0.25) is 5.95 Å². The third-order valence-electron chi connectivity index (χ3n) is 3.35. The molecule has 1 heterocycles. The average molecular weight is 364 g/mol. The summed E-state index contributed by atoms with van der Waals surface area (Å²) in [5.41, 5.74) is 1.74. The molecule has 134 valence electrons. The monoisotopic (exact) mass is 363 g/mol. The molecule has 0 atom stereocenters. The number of ether oxygens (including phenoxy) is 1. The third kappa shape index (κ3) is 5.58. The first-order valence-corrected chi connectivity index (χ1v) is 8.16. The van der Waals surface area contributed by atoms with Crippen LogP contribution in [-0.4, -0.2) is 55.1 Å². The average Bonchev–Trinajstić information content (AvgIpc) is 2.55. The highest BCUT2D eigenvalue weighted by Gasteiger charge is 2.11. The van der Waals surface area contributed by atoms with E-state index < -0.39 is 5.97 Å². The largest absolute Gasteiger partial charge is 0.465 e. The lowest BCUT2D eigenvalue weighted by molar-refractivity contribution is 0.0601. The molecule has 2 rings (SSSR count). The van der Waals surface area contributed by atoms with Crippen LogP contribution < -0.4 is 10.6 Å². The zero-order chi connectivity index (χ0) is 18.4. The van der Waals surface area contributed by atoms with E-state index >= 15 is 0 Å². The SMILES string of the molecule is COC(=O)c1ccc(Cl)c(Nc2nc(C)cc(NCCN(C)C)n2)c1. The predicted octanol–water partition coefficient (Wildman–Crippen LogP) is 2.94. The lowest BCUT2D eigenvalue weighted by Gasteiger charge is -2.13. The summed E-state index contributed by atoms with van der Waals surface area (Å²) < 4.78 is 4.73. The van der Waals surface area contributed by atoms with Gasteiger partial charge >= 0.3 is 5.97 Å². The summed E-state index contributed by atoms with van der Waals surface area (Å²) in [5.74, 6) is 0.685. The van der Waals surface area contributed by atoms with Gasteiger partial charge in [-0.05, 0) is 39.2 Å². The number of halogens is 1. The molecule has 0 radical (unpaired) electrons. The molecule has 0 aliphatic rings. The molecule has 2 N–H and O–H groups in total. The van der Waals surface area contributed by atoms with Gasteiger partial charge in [0.25, 0.3) is 0 Å². The number of aromatic nitrogens is 2. The molecule has 0 amide bonds. The Morgan fingerprint density at radius 3 is 2.72 bits per heavy atom. The summed E-state index contributed by atoms with van der Waals surface area (Å²) in [6.07, 6.45) is 0. The molecule has 0 saturated heterocycles. The molecular weight excluding hydrogens is 342 g/mol. The van der Waals surface area contributed by atoms with Gasteiger partial charge in [0.1, 0.15) is 5.82 Å². The molecular formula is C17H22ClN5O2. The number of aryl methyl sites for hydroxylation is 1. The van der Waals surface area contributed by atoms with Gasteiger partial charge in [-0.2, -0.15) is 4.98 Å². The van der Waals surface area contributed by atoms with Gasteiger partial charge in [0.15, 0.2) is 0 Å². The Bertz CT molecular complexity index is 752. The number of likely N-dealkylation sites (N-methyl/N-ethyl adjacent to an activating group) is 1. The number of benzene rings is 1. The summed E-state index contributed by atoms with van der Waals surface area (Å²) in [6, 6.07) is 6.71. The van der Waals surface area contributed by atoms with Crippen LogP contribution in [0.1, 0.15) is 16.1 Å². The lowest BCUT2D eigenvalue weighted by atomic mass is 10.2. The van der Waals surface area contributed by atoms with Crippen LogP contribution in [0.5, 0.6) is 0 Å². The Labute approximate surface area is 152 Å². The van der Waals surface area contributed by atoms with Crippen LogP contribution in [0.15, 0.2) is 24.3 Å². The molecule has 0 fully saturated rings. The maximum atomic E-state index is 11.7. The quantitative estimate of drug-likeness (QED) is 0.732. The van der Waals surface area contributed by atoms with Crippen molar-refractivity contribution in [2.24, 2.45) is 0 Å². The number of methoxy groups -OCH3 is 1. The number of carbonyl (C=O) groups excluding carboxylic acids is 1. The minimum atomic E-state index is -0.434. The zero-order valence-corrected chi connectivity index (χ0v) is 15.5. The molecule has 8 heteroatoms. The number of rotatable bonds is 7. The van der Waals surface area contributed by atoms with Crippen molar-refractivity contribution in [3.8, 4) is 0 Å². The fourth-order valence-electron chi connectivity index (χ4n) is 2.11. The highest BCUT2D eigenvalue weighted by atomic mass is 35.5. The Hall–Kier alpha value is -2.38. The van der Waals surface area contributed by atoms with Gasteiger partial charge in [0, 0.05) is 24.8 Å². The van der Waals surface area contributed by atoms with Gasteiger partial charge in [0.05, 0.1) is 23.4 Å². The molecule has 25 heavy (non-hydrogen) atoms. The van der Waals surface area contributed by atoms with Crippen LogP contribution in [0, 0.1) is 6.92 Å². The molecule has 1 aromatic carbocycles. The molecule has 0 bridgehead atoms. The van der Waals surface area contributed by atoms with Crippen LogP contribution in [0.3, 0.4) is 0 Å². The molecule has 0 unspecified atom stereocenters. The second-order valence-electron chi connectivity index (χ2n) is 5.76. The second-order valence-corrected chi connectivity index (χ2v) is 6.17. The number of anilines is 3. The summed E-state index contributed by atoms with van der Waals surface area (Å²) in [5, 5.41) is 6.77. The Balaban J connectivity index is 2.19. The normalized spacial score (nSPS) is 10.6. The molecule has 0 spiro atoms. The van der Waals surface area contributed by atoms with Crippen molar-refractivity contribution in [2.75, 3.05) is 44.9 Å². The van der Waals surface area contributed by atoms with Crippen molar-refractivity contribution in [3.63, 3.8) is 0 Å². The number of esters is 1. The Morgan fingerprint density at radius 1 is 1.28 bits per heavy atom. The van der Waals surface area contributed by atoms with E-state index in [1.807, 2.05) is 27.1 Å². The topological polar surface area (TPSA) is 79.4 Å². The molecule has 0 saturated carbocycles. The van der Waals surface area contributed by atoms with Crippen molar-refractivity contribution < 1.29 is 9.53 Å². The first-order chi connectivity index (χ1) is 11.9. The van der Waals surface area contributed by atoms with E-state index in [0.29, 0.717) is 22.2 Å². The van der Waals surface area contributed by atoms with Crippen molar-refractivity contribution >= 4 is 35.0 Å². The van der Waals surface area contributed by atoms with Gasteiger partial charge in [-0.25, -0.2) is 9.78 Å². The Morgan fingerprint density at radius 2 is 2.04 bits per heavy atom. The van der Waals surface area contributed by atoms with E-state index in [1.165, 1.54) is 7.11 Å². The summed E-state index contributed by atoms with van der Waals surface area (Å²) in [6.45, 7) is 3.54. The molecule has 0 aliphatic heterocycles. The maximum absolute atomic E-state index is 11.7. The number of carbonyl (C=O) groups is 1. The first kappa shape index (κ1) is 19.0. The standard InChI is InChI=1S/C17H22ClN5O2/c1-11-9-15(19-7-8-23(2)3)22-17(20-11)21-14-10-12(16(24)25-4)5-6-13(14)18/h5-6,9-10H,7-8H2,1-4H3,(H2,19,20,21,22). The fourth-order valence-corrected chi connectivity index (χ4v) is 2.27. The maximum Gasteiger partial charge on any atom is 0.337 e. The van der Waals surface area contributed by atoms with E-state index in [1.54, 1.807) is 18.2 Å². The molecule has 1 aromatic heterocycles.